The first-order valence-electron chi connectivity index (χ1n) is 7.66. The highest BCUT2D eigenvalue weighted by Crippen LogP contribution is 2.60. The number of hydrogen-bond donors (Lipinski definition) is 0. The third-order valence-corrected chi connectivity index (χ3v) is 6.24. The molecule has 0 N–H and O–H groups in total. The normalized spacial score (nSPS) is 30.9. The summed E-state index contributed by atoms with van der Waals surface area (Å²) in [4.78, 5) is 27.5. The molecule has 112 valence electrons. The van der Waals surface area contributed by atoms with Gasteiger partial charge in [-0.05, 0) is 49.3 Å². The Morgan fingerprint density at radius 2 is 1.81 bits per heavy atom. The van der Waals surface area contributed by atoms with Gasteiger partial charge in [0.05, 0.1) is 11.1 Å². The standard InChI is InChI=1S/C18H23NO2/c1-11-7-6-8-14(12(11)2)19-15(20)13-9-10-18(5,16(19)21)17(13,3)4/h6-8,13H,9-10H2,1-5H3/t13-,18-/m1/s1. The summed E-state index contributed by atoms with van der Waals surface area (Å²) < 4.78 is 0. The number of hydrogen-bond acceptors (Lipinski definition) is 2. The van der Waals surface area contributed by atoms with Crippen LogP contribution >= 0.6 is 0 Å². The van der Waals surface area contributed by atoms with E-state index in [1.165, 1.54) is 4.90 Å². The van der Waals surface area contributed by atoms with E-state index < -0.39 is 5.41 Å². The van der Waals surface area contributed by atoms with E-state index in [0.29, 0.717) is 0 Å². The third-order valence-electron chi connectivity index (χ3n) is 6.24. The lowest BCUT2D eigenvalue weighted by Crippen LogP contribution is -2.59. The van der Waals surface area contributed by atoms with Crippen LogP contribution in [0.4, 0.5) is 5.69 Å². The number of carbonyl (C=O) groups excluding carboxylic acids is 2. The van der Waals surface area contributed by atoms with Crippen LogP contribution in [0.3, 0.4) is 0 Å². The molecule has 1 aliphatic carbocycles. The van der Waals surface area contributed by atoms with Crippen molar-refractivity contribution in [2.45, 2.75) is 47.5 Å². The second kappa shape index (κ2) is 4.19. The predicted molar refractivity (Wildman–Crippen MR) is 83.0 cm³/mol. The first-order valence-corrected chi connectivity index (χ1v) is 7.66. The third kappa shape index (κ3) is 1.60. The quantitative estimate of drug-likeness (QED) is 0.739. The van der Waals surface area contributed by atoms with Crippen molar-refractivity contribution in [3.05, 3.63) is 29.3 Å². The second-order valence-electron chi connectivity index (χ2n) is 7.34. The van der Waals surface area contributed by atoms with Gasteiger partial charge in [0, 0.05) is 5.92 Å². The van der Waals surface area contributed by atoms with Gasteiger partial charge in [-0.25, -0.2) is 4.90 Å². The molecule has 3 nitrogen and oxygen atoms in total. The second-order valence-corrected chi connectivity index (χ2v) is 7.34. The van der Waals surface area contributed by atoms with Crippen molar-refractivity contribution < 1.29 is 9.59 Å². The molecule has 1 saturated heterocycles. The molecule has 1 aromatic carbocycles. The Balaban J connectivity index is 2.16. The number of anilines is 1. The van der Waals surface area contributed by atoms with Crippen LogP contribution in [0.15, 0.2) is 18.2 Å². The Morgan fingerprint density at radius 1 is 1.14 bits per heavy atom. The van der Waals surface area contributed by atoms with Crippen molar-refractivity contribution in [1.29, 1.82) is 0 Å². The number of fused-ring (bicyclic) bond motifs is 2. The predicted octanol–water partition coefficient (Wildman–Crippen LogP) is 3.62. The molecule has 2 amide bonds. The van der Waals surface area contributed by atoms with Crippen molar-refractivity contribution in [3.63, 3.8) is 0 Å². The van der Waals surface area contributed by atoms with Crippen molar-refractivity contribution in [1.82, 2.24) is 0 Å². The fourth-order valence-electron chi connectivity index (χ4n) is 4.02. The highest BCUT2D eigenvalue weighted by molar-refractivity contribution is 6.21. The molecule has 2 atom stereocenters. The van der Waals surface area contributed by atoms with Crippen molar-refractivity contribution >= 4 is 17.5 Å². The lowest BCUT2D eigenvalue weighted by molar-refractivity contribution is -0.146. The maximum absolute atomic E-state index is 13.1. The van der Waals surface area contributed by atoms with Gasteiger partial charge >= 0.3 is 0 Å². The zero-order valence-corrected chi connectivity index (χ0v) is 13.5. The summed E-state index contributed by atoms with van der Waals surface area (Å²) in [6, 6.07) is 5.82. The first-order chi connectivity index (χ1) is 9.72. The smallest absolute Gasteiger partial charge is 0.240 e. The maximum Gasteiger partial charge on any atom is 0.240 e. The summed E-state index contributed by atoms with van der Waals surface area (Å²) in [6.45, 7) is 10.2. The molecule has 21 heavy (non-hydrogen) atoms. The molecule has 3 rings (SSSR count). The number of carbonyl (C=O) groups is 2. The molecule has 0 radical (unpaired) electrons. The van der Waals surface area contributed by atoms with Gasteiger partial charge in [0.1, 0.15) is 0 Å². The molecule has 1 aliphatic heterocycles. The molecule has 3 heteroatoms. The SMILES string of the molecule is Cc1cccc(N2C(=O)[C@H]3CC[C@](C)(C2=O)C3(C)C)c1C. The van der Waals surface area contributed by atoms with E-state index in [9.17, 15) is 9.59 Å². The molecule has 1 aromatic rings. The van der Waals surface area contributed by atoms with Gasteiger partial charge in [-0.1, -0.05) is 32.9 Å². The number of amides is 2. The summed E-state index contributed by atoms with van der Waals surface area (Å²) in [7, 11) is 0. The zero-order chi connectivity index (χ0) is 15.6. The fourth-order valence-corrected chi connectivity index (χ4v) is 4.02. The van der Waals surface area contributed by atoms with Crippen molar-refractivity contribution in [2.24, 2.45) is 16.7 Å². The van der Waals surface area contributed by atoms with Gasteiger partial charge in [0.25, 0.3) is 0 Å². The minimum Gasteiger partial charge on any atom is -0.274 e. The van der Waals surface area contributed by atoms with Crippen LogP contribution in [0.25, 0.3) is 0 Å². The van der Waals surface area contributed by atoms with Gasteiger partial charge in [0.15, 0.2) is 0 Å². The topological polar surface area (TPSA) is 37.4 Å². The lowest BCUT2D eigenvalue weighted by atomic mass is 9.62. The van der Waals surface area contributed by atoms with E-state index in [1.807, 2.05) is 39.0 Å². The van der Waals surface area contributed by atoms with Crippen LogP contribution in [0.5, 0.6) is 0 Å². The van der Waals surface area contributed by atoms with Gasteiger partial charge in [-0.15, -0.1) is 0 Å². The van der Waals surface area contributed by atoms with Gasteiger partial charge in [0.2, 0.25) is 11.8 Å². The van der Waals surface area contributed by atoms with E-state index in [2.05, 4.69) is 13.8 Å². The van der Waals surface area contributed by atoms with Gasteiger partial charge < -0.3 is 0 Å². The summed E-state index contributed by atoms with van der Waals surface area (Å²) >= 11 is 0. The Kier molecular flexibility index (Phi) is 2.85. The monoisotopic (exact) mass is 285 g/mol. The van der Waals surface area contributed by atoms with Crippen LogP contribution < -0.4 is 4.90 Å². The molecule has 0 aromatic heterocycles. The number of piperidine rings is 1. The van der Waals surface area contributed by atoms with Crippen LogP contribution in [0, 0.1) is 30.6 Å². The Labute approximate surface area is 126 Å². The largest absolute Gasteiger partial charge is 0.274 e. The minimum atomic E-state index is -0.443. The molecule has 2 fully saturated rings. The zero-order valence-electron chi connectivity index (χ0n) is 13.5. The molecule has 0 spiro atoms. The molecule has 2 aliphatic rings. The summed E-state index contributed by atoms with van der Waals surface area (Å²) in [5.74, 6) is -0.103. The fraction of sp³-hybridized carbons (Fsp3) is 0.556. The Bertz CT molecular complexity index is 647. The van der Waals surface area contributed by atoms with Crippen LogP contribution in [-0.2, 0) is 9.59 Å². The Hall–Kier alpha value is -1.64. The van der Waals surface area contributed by atoms with Crippen molar-refractivity contribution in [2.75, 3.05) is 4.90 Å². The van der Waals surface area contributed by atoms with Crippen LogP contribution in [0.2, 0.25) is 0 Å². The minimum absolute atomic E-state index is 0.0197. The van der Waals surface area contributed by atoms with E-state index in [-0.39, 0.29) is 23.1 Å². The van der Waals surface area contributed by atoms with Gasteiger partial charge in [-0.2, -0.15) is 0 Å². The average molecular weight is 285 g/mol. The number of aryl methyl sites for hydroxylation is 1. The van der Waals surface area contributed by atoms with E-state index in [4.69, 9.17) is 0 Å². The first kappa shape index (κ1) is 14.3. The van der Waals surface area contributed by atoms with Gasteiger partial charge in [-0.3, -0.25) is 9.59 Å². The number of benzene rings is 1. The number of nitrogens with zero attached hydrogens (tertiary/aromatic N) is 1. The maximum atomic E-state index is 13.1. The van der Waals surface area contributed by atoms with Crippen LogP contribution in [0.1, 0.15) is 44.7 Å². The summed E-state index contributed by atoms with van der Waals surface area (Å²) in [5.41, 5.74) is 2.19. The molecule has 1 heterocycles. The number of rotatable bonds is 1. The average Bonchev–Trinajstić information content (AvgIpc) is 2.59. The molecule has 2 bridgehead atoms. The van der Waals surface area contributed by atoms with Crippen LogP contribution in [-0.4, -0.2) is 11.8 Å². The molecule has 0 unspecified atom stereocenters. The molecular formula is C18H23NO2. The summed E-state index contributed by atoms with van der Waals surface area (Å²) in [6.07, 6.45) is 1.62. The summed E-state index contributed by atoms with van der Waals surface area (Å²) in [5, 5.41) is 0. The van der Waals surface area contributed by atoms with E-state index in [1.54, 1.807) is 0 Å². The van der Waals surface area contributed by atoms with E-state index >= 15 is 0 Å². The number of imide groups is 1. The molecular weight excluding hydrogens is 262 g/mol. The highest BCUT2D eigenvalue weighted by atomic mass is 16.2. The lowest BCUT2D eigenvalue weighted by Gasteiger charge is -2.47. The highest BCUT2D eigenvalue weighted by Gasteiger charge is 2.64. The van der Waals surface area contributed by atoms with E-state index in [0.717, 1.165) is 29.7 Å². The molecule has 1 saturated carbocycles. The Morgan fingerprint density at radius 3 is 2.48 bits per heavy atom. The van der Waals surface area contributed by atoms with Crippen molar-refractivity contribution in [3.8, 4) is 0 Å².